The molecule has 0 aliphatic heterocycles. The van der Waals surface area contributed by atoms with Gasteiger partial charge in [-0.1, -0.05) is 17.7 Å². The van der Waals surface area contributed by atoms with Crippen molar-refractivity contribution in [2.75, 3.05) is 13.1 Å². The number of carbonyl (C=O) groups excluding carboxylic acids is 2. The number of nitrogens with one attached hydrogen (secondary N) is 2. The number of rotatable bonds is 7. The van der Waals surface area contributed by atoms with Gasteiger partial charge >= 0.3 is 0 Å². The van der Waals surface area contributed by atoms with Gasteiger partial charge in [-0.15, -0.1) is 0 Å². The molecule has 23 heavy (non-hydrogen) atoms. The molecule has 0 heterocycles. The van der Waals surface area contributed by atoms with Gasteiger partial charge in [0.1, 0.15) is 5.56 Å². The van der Waals surface area contributed by atoms with Crippen LogP contribution in [0.4, 0.5) is 5.69 Å². The lowest BCUT2D eigenvalue weighted by atomic mass is 10.1. The van der Waals surface area contributed by atoms with Crippen molar-refractivity contribution in [1.29, 1.82) is 0 Å². The first-order valence-corrected chi connectivity index (χ1v) is 7.51. The van der Waals surface area contributed by atoms with Gasteiger partial charge in [0, 0.05) is 18.7 Å². The molecule has 8 nitrogen and oxygen atoms in total. The van der Waals surface area contributed by atoms with E-state index in [4.69, 9.17) is 17.3 Å². The molecule has 1 aromatic rings. The number of halogens is 1. The fraction of sp³-hybridized carbons (Fsp3) is 0.429. The van der Waals surface area contributed by atoms with Crippen LogP contribution in [-0.4, -0.2) is 35.9 Å². The maximum Gasteiger partial charge on any atom is 0.283 e. The zero-order valence-electron chi connectivity index (χ0n) is 12.3. The SMILES string of the molecule is NC(CNC(=O)CNC(=O)c1c(Cl)cccc1[N+](=O)[O-])C1CC1. The number of nitrogens with two attached hydrogens (primary N) is 1. The molecule has 0 bridgehead atoms. The van der Waals surface area contributed by atoms with Crippen molar-refractivity contribution in [3.8, 4) is 0 Å². The van der Waals surface area contributed by atoms with Gasteiger partial charge in [0.2, 0.25) is 5.91 Å². The first-order valence-electron chi connectivity index (χ1n) is 7.13. The highest BCUT2D eigenvalue weighted by atomic mass is 35.5. The molecule has 1 saturated carbocycles. The number of carbonyl (C=O) groups is 2. The Morgan fingerprint density at radius 2 is 2.09 bits per heavy atom. The largest absolute Gasteiger partial charge is 0.353 e. The highest BCUT2D eigenvalue weighted by molar-refractivity contribution is 6.34. The summed E-state index contributed by atoms with van der Waals surface area (Å²) in [6.45, 7) is 0.0320. The van der Waals surface area contributed by atoms with E-state index in [-0.39, 0.29) is 23.2 Å². The second-order valence-corrected chi connectivity index (χ2v) is 5.79. The van der Waals surface area contributed by atoms with Gasteiger partial charge in [-0.25, -0.2) is 0 Å². The van der Waals surface area contributed by atoms with E-state index in [1.807, 2.05) is 0 Å². The Morgan fingerprint density at radius 1 is 1.39 bits per heavy atom. The number of benzene rings is 1. The van der Waals surface area contributed by atoms with Crippen LogP contribution in [0.1, 0.15) is 23.2 Å². The maximum atomic E-state index is 12.0. The van der Waals surface area contributed by atoms with Crippen LogP contribution < -0.4 is 16.4 Å². The summed E-state index contributed by atoms with van der Waals surface area (Å²) in [4.78, 5) is 34.0. The molecule has 9 heteroatoms. The topological polar surface area (TPSA) is 127 Å². The molecule has 0 saturated heterocycles. The lowest BCUT2D eigenvalue weighted by molar-refractivity contribution is -0.385. The maximum absolute atomic E-state index is 12.0. The van der Waals surface area contributed by atoms with Gasteiger partial charge < -0.3 is 16.4 Å². The summed E-state index contributed by atoms with van der Waals surface area (Å²) in [5, 5.41) is 15.8. The minimum Gasteiger partial charge on any atom is -0.353 e. The van der Waals surface area contributed by atoms with Crippen LogP contribution in [0.2, 0.25) is 5.02 Å². The van der Waals surface area contributed by atoms with Crippen LogP contribution in [0.3, 0.4) is 0 Å². The summed E-state index contributed by atoms with van der Waals surface area (Å²) in [5.41, 5.74) is 5.18. The molecule has 1 aliphatic rings. The second kappa shape index (κ2) is 7.38. The average molecular weight is 341 g/mol. The zero-order chi connectivity index (χ0) is 17.0. The van der Waals surface area contributed by atoms with Crippen LogP contribution in [-0.2, 0) is 4.79 Å². The van der Waals surface area contributed by atoms with Crippen molar-refractivity contribution in [2.45, 2.75) is 18.9 Å². The van der Waals surface area contributed by atoms with E-state index in [1.165, 1.54) is 18.2 Å². The number of hydrogen-bond donors (Lipinski definition) is 3. The molecule has 0 radical (unpaired) electrons. The molecule has 1 atom stereocenters. The lowest BCUT2D eigenvalue weighted by Crippen LogP contribution is -2.43. The molecule has 0 aromatic heterocycles. The molecule has 2 rings (SSSR count). The van der Waals surface area contributed by atoms with Crippen LogP contribution >= 0.6 is 11.6 Å². The third kappa shape index (κ3) is 4.64. The highest BCUT2D eigenvalue weighted by Gasteiger charge is 2.28. The molecule has 4 N–H and O–H groups in total. The lowest BCUT2D eigenvalue weighted by Gasteiger charge is -2.12. The van der Waals surface area contributed by atoms with Crippen molar-refractivity contribution in [3.63, 3.8) is 0 Å². The summed E-state index contributed by atoms with van der Waals surface area (Å²) in [7, 11) is 0. The number of hydrogen-bond acceptors (Lipinski definition) is 5. The first kappa shape index (κ1) is 17.2. The van der Waals surface area contributed by atoms with E-state index in [0.29, 0.717) is 12.5 Å². The summed E-state index contributed by atoms with van der Waals surface area (Å²) in [5.74, 6) is -0.733. The standard InChI is InChI=1S/C14H17ClN4O4/c15-9-2-1-3-11(19(22)23)13(9)14(21)18-7-12(20)17-6-10(16)8-4-5-8/h1-3,8,10H,4-7,16H2,(H,17,20)(H,18,21). The van der Waals surface area contributed by atoms with Crippen LogP contribution in [0, 0.1) is 16.0 Å². The Labute approximate surface area is 137 Å². The molecule has 2 amide bonds. The monoisotopic (exact) mass is 340 g/mol. The van der Waals surface area contributed by atoms with E-state index in [1.54, 1.807) is 0 Å². The highest BCUT2D eigenvalue weighted by Crippen LogP contribution is 2.31. The Morgan fingerprint density at radius 3 is 2.70 bits per heavy atom. The molecular formula is C14H17ClN4O4. The summed E-state index contributed by atoms with van der Waals surface area (Å²) in [6, 6.07) is 3.84. The Kier molecular flexibility index (Phi) is 5.51. The molecule has 1 aliphatic carbocycles. The van der Waals surface area contributed by atoms with Gasteiger partial charge in [-0.3, -0.25) is 19.7 Å². The summed E-state index contributed by atoms with van der Waals surface area (Å²) < 4.78 is 0. The summed E-state index contributed by atoms with van der Waals surface area (Å²) >= 11 is 5.85. The average Bonchev–Trinajstić information content (AvgIpc) is 3.34. The third-order valence-corrected chi connectivity index (χ3v) is 3.90. The Bertz CT molecular complexity index is 633. The molecule has 124 valence electrons. The van der Waals surface area contributed by atoms with Gasteiger partial charge in [0.25, 0.3) is 11.6 Å². The number of nitro groups is 1. The van der Waals surface area contributed by atoms with E-state index >= 15 is 0 Å². The van der Waals surface area contributed by atoms with Crippen LogP contribution in [0.15, 0.2) is 18.2 Å². The number of nitrogens with zero attached hydrogens (tertiary/aromatic N) is 1. The first-order chi connectivity index (χ1) is 10.9. The van der Waals surface area contributed by atoms with Crippen LogP contribution in [0.25, 0.3) is 0 Å². The molecule has 1 aromatic carbocycles. The molecule has 1 fully saturated rings. The molecule has 0 spiro atoms. The zero-order valence-corrected chi connectivity index (χ0v) is 13.0. The van der Waals surface area contributed by atoms with E-state index in [2.05, 4.69) is 10.6 Å². The Hall–Kier alpha value is -2.19. The quantitative estimate of drug-likeness (QED) is 0.500. The van der Waals surface area contributed by atoms with Crippen molar-refractivity contribution in [1.82, 2.24) is 10.6 Å². The predicted molar refractivity (Wildman–Crippen MR) is 84.1 cm³/mol. The normalized spacial score (nSPS) is 14.9. The molecular weight excluding hydrogens is 324 g/mol. The molecule has 1 unspecified atom stereocenters. The van der Waals surface area contributed by atoms with Gasteiger partial charge in [-0.2, -0.15) is 0 Å². The number of amides is 2. The fourth-order valence-corrected chi connectivity index (χ4v) is 2.38. The smallest absolute Gasteiger partial charge is 0.283 e. The Balaban J connectivity index is 1.89. The van der Waals surface area contributed by atoms with Gasteiger partial charge in [0.05, 0.1) is 16.5 Å². The minimum atomic E-state index is -0.774. The fourth-order valence-electron chi connectivity index (χ4n) is 2.12. The van der Waals surface area contributed by atoms with Gasteiger partial charge in [0.15, 0.2) is 0 Å². The predicted octanol–water partition coefficient (Wildman–Crippen LogP) is 0.831. The van der Waals surface area contributed by atoms with E-state index < -0.39 is 22.4 Å². The minimum absolute atomic E-state index is 0.0483. The van der Waals surface area contributed by atoms with Crippen molar-refractivity contribution < 1.29 is 14.5 Å². The van der Waals surface area contributed by atoms with Crippen LogP contribution in [0.5, 0.6) is 0 Å². The van der Waals surface area contributed by atoms with Crippen molar-refractivity contribution in [3.05, 3.63) is 38.9 Å². The van der Waals surface area contributed by atoms with E-state index in [9.17, 15) is 19.7 Å². The van der Waals surface area contributed by atoms with Crippen molar-refractivity contribution >= 4 is 29.1 Å². The van der Waals surface area contributed by atoms with Crippen molar-refractivity contribution in [2.24, 2.45) is 11.7 Å². The second-order valence-electron chi connectivity index (χ2n) is 5.38. The van der Waals surface area contributed by atoms with E-state index in [0.717, 1.165) is 12.8 Å². The number of nitro benzene ring substituents is 1. The van der Waals surface area contributed by atoms with Gasteiger partial charge in [-0.05, 0) is 24.8 Å². The third-order valence-electron chi connectivity index (χ3n) is 3.59. The summed E-state index contributed by atoms with van der Waals surface area (Å²) in [6.07, 6.45) is 2.15.